The van der Waals surface area contributed by atoms with Gasteiger partial charge in [0.15, 0.2) is 0 Å². The largest absolute Gasteiger partial charge is 0.481 e. The van der Waals surface area contributed by atoms with Crippen LogP contribution in [0.25, 0.3) is 0 Å². The molecule has 0 fully saturated rings. The molecule has 0 atom stereocenters. The summed E-state index contributed by atoms with van der Waals surface area (Å²) in [6, 6.07) is -0.230. The van der Waals surface area contributed by atoms with E-state index in [1.807, 2.05) is 6.92 Å². The first-order valence-corrected chi connectivity index (χ1v) is 5.03. The van der Waals surface area contributed by atoms with E-state index in [4.69, 9.17) is 5.11 Å². The maximum Gasteiger partial charge on any atom is 0.317 e. The first-order valence-electron chi connectivity index (χ1n) is 5.03. The van der Waals surface area contributed by atoms with Crippen molar-refractivity contribution in [2.75, 3.05) is 20.1 Å². The SMILES string of the molecule is CCCN(C)C(=O)NCC(C)(C)C(=O)O. The normalized spacial score (nSPS) is 10.9. The van der Waals surface area contributed by atoms with E-state index in [-0.39, 0.29) is 12.6 Å². The second kappa shape index (κ2) is 5.58. The number of nitrogens with zero attached hydrogens (tertiary/aromatic N) is 1. The standard InChI is InChI=1S/C10H20N2O3/c1-5-6-12(4)9(15)11-7-10(2,3)8(13)14/h5-7H2,1-4H3,(H,11,15)(H,13,14). The molecule has 5 heteroatoms. The summed E-state index contributed by atoms with van der Waals surface area (Å²) in [5, 5.41) is 11.4. The van der Waals surface area contributed by atoms with Crippen molar-refractivity contribution < 1.29 is 14.7 Å². The van der Waals surface area contributed by atoms with Gasteiger partial charge >= 0.3 is 12.0 Å². The van der Waals surface area contributed by atoms with Gasteiger partial charge in [0.1, 0.15) is 0 Å². The van der Waals surface area contributed by atoms with E-state index in [1.54, 1.807) is 20.9 Å². The van der Waals surface area contributed by atoms with Gasteiger partial charge in [0, 0.05) is 20.1 Å². The summed E-state index contributed by atoms with van der Waals surface area (Å²) < 4.78 is 0. The fourth-order valence-electron chi connectivity index (χ4n) is 0.944. The van der Waals surface area contributed by atoms with Gasteiger partial charge in [-0.05, 0) is 20.3 Å². The zero-order valence-electron chi connectivity index (χ0n) is 9.83. The van der Waals surface area contributed by atoms with Crippen LogP contribution in [0.3, 0.4) is 0 Å². The van der Waals surface area contributed by atoms with Gasteiger partial charge in [0.05, 0.1) is 5.41 Å². The minimum absolute atomic E-state index is 0.134. The monoisotopic (exact) mass is 216 g/mol. The van der Waals surface area contributed by atoms with E-state index in [1.165, 1.54) is 4.90 Å². The Morgan fingerprint density at radius 3 is 2.33 bits per heavy atom. The fraction of sp³-hybridized carbons (Fsp3) is 0.800. The lowest BCUT2D eigenvalue weighted by molar-refractivity contribution is -0.146. The van der Waals surface area contributed by atoms with Gasteiger partial charge in [-0.25, -0.2) is 4.79 Å². The summed E-state index contributed by atoms with van der Waals surface area (Å²) in [4.78, 5) is 23.7. The van der Waals surface area contributed by atoms with E-state index in [0.717, 1.165) is 6.42 Å². The van der Waals surface area contributed by atoms with Crippen molar-refractivity contribution in [1.29, 1.82) is 0 Å². The van der Waals surface area contributed by atoms with E-state index in [9.17, 15) is 9.59 Å². The lowest BCUT2D eigenvalue weighted by atomic mass is 9.94. The Bertz CT molecular complexity index is 239. The quantitative estimate of drug-likeness (QED) is 0.724. The second-order valence-corrected chi connectivity index (χ2v) is 4.27. The van der Waals surface area contributed by atoms with Crippen molar-refractivity contribution in [1.82, 2.24) is 10.2 Å². The van der Waals surface area contributed by atoms with Crippen LogP contribution in [0.15, 0.2) is 0 Å². The van der Waals surface area contributed by atoms with Crippen LogP contribution in [-0.2, 0) is 4.79 Å². The Labute approximate surface area is 90.5 Å². The average Bonchev–Trinajstić information content (AvgIpc) is 2.14. The van der Waals surface area contributed by atoms with Gasteiger partial charge in [-0.15, -0.1) is 0 Å². The van der Waals surface area contributed by atoms with Crippen molar-refractivity contribution in [2.24, 2.45) is 5.41 Å². The number of carboxylic acids is 1. The van der Waals surface area contributed by atoms with Crippen LogP contribution >= 0.6 is 0 Å². The van der Waals surface area contributed by atoms with E-state index >= 15 is 0 Å². The lowest BCUT2D eigenvalue weighted by Gasteiger charge is -2.22. The first-order chi connectivity index (χ1) is 6.81. The maximum absolute atomic E-state index is 11.4. The third kappa shape index (κ3) is 4.67. The van der Waals surface area contributed by atoms with Crippen LogP contribution in [0.4, 0.5) is 4.79 Å². The van der Waals surface area contributed by atoms with Crippen LogP contribution in [0, 0.1) is 5.41 Å². The Morgan fingerprint density at radius 1 is 1.40 bits per heavy atom. The minimum atomic E-state index is -0.928. The molecule has 0 unspecified atom stereocenters. The predicted molar refractivity (Wildman–Crippen MR) is 57.7 cm³/mol. The Balaban J connectivity index is 4.05. The molecule has 0 aliphatic carbocycles. The van der Waals surface area contributed by atoms with Crippen molar-refractivity contribution >= 4 is 12.0 Å². The van der Waals surface area contributed by atoms with Gasteiger partial charge in [0.25, 0.3) is 0 Å². The highest BCUT2D eigenvalue weighted by Crippen LogP contribution is 2.13. The van der Waals surface area contributed by atoms with Gasteiger partial charge in [-0.3, -0.25) is 4.79 Å². The molecule has 0 saturated heterocycles. The Hall–Kier alpha value is -1.26. The van der Waals surface area contributed by atoms with Crippen molar-refractivity contribution in [2.45, 2.75) is 27.2 Å². The van der Waals surface area contributed by atoms with Crippen molar-refractivity contribution in [3.63, 3.8) is 0 Å². The molecule has 0 heterocycles. The fourth-order valence-corrected chi connectivity index (χ4v) is 0.944. The van der Waals surface area contributed by atoms with Crippen LogP contribution in [0.2, 0.25) is 0 Å². The molecular weight excluding hydrogens is 196 g/mol. The molecule has 5 nitrogen and oxygen atoms in total. The van der Waals surface area contributed by atoms with E-state index in [2.05, 4.69) is 5.32 Å². The molecule has 2 amide bonds. The minimum Gasteiger partial charge on any atom is -0.481 e. The number of urea groups is 1. The zero-order valence-corrected chi connectivity index (χ0v) is 9.83. The summed E-state index contributed by atoms with van der Waals surface area (Å²) >= 11 is 0. The third-order valence-corrected chi connectivity index (χ3v) is 2.17. The molecule has 0 spiro atoms. The van der Waals surface area contributed by atoms with E-state index in [0.29, 0.717) is 6.54 Å². The topological polar surface area (TPSA) is 69.6 Å². The molecular formula is C10H20N2O3. The number of carbonyl (C=O) groups excluding carboxylic acids is 1. The second-order valence-electron chi connectivity index (χ2n) is 4.27. The number of rotatable bonds is 5. The molecule has 0 aromatic rings. The van der Waals surface area contributed by atoms with E-state index < -0.39 is 11.4 Å². The average molecular weight is 216 g/mol. The molecule has 0 aromatic carbocycles. The first kappa shape index (κ1) is 13.7. The number of aliphatic carboxylic acids is 1. The molecule has 0 aromatic heterocycles. The van der Waals surface area contributed by atoms with Crippen molar-refractivity contribution in [3.05, 3.63) is 0 Å². The lowest BCUT2D eigenvalue weighted by Crippen LogP contribution is -2.44. The molecule has 0 bridgehead atoms. The molecule has 0 aliphatic heterocycles. The van der Waals surface area contributed by atoms with Crippen molar-refractivity contribution in [3.8, 4) is 0 Å². The third-order valence-electron chi connectivity index (χ3n) is 2.17. The smallest absolute Gasteiger partial charge is 0.317 e. The number of nitrogens with one attached hydrogen (secondary N) is 1. The molecule has 15 heavy (non-hydrogen) atoms. The molecule has 0 radical (unpaired) electrons. The summed E-state index contributed by atoms with van der Waals surface area (Å²) in [5.74, 6) is -0.916. The highest BCUT2D eigenvalue weighted by atomic mass is 16.4. The Morgan fingerprint density at radius 2 is 1.93 bits per heavy atom. The van der Waals surface area contributed by atoms with Gasteiger partial charge < -0.3 is 15.3 Å². The van der Waals surface area contributed by atoms with Gasteiger partial charge in [0.2, 0.25) is 0 Å². The summed E-state index contributed by atoms with van der Waals surface area (Å²) in [5.41, 5.74) is -0.928. The zero-order chi connectivity index (χ0) is 12.1. The number of carbonyl (C=O) groups is 2. The highest BCUT2D eigenvalue weighted by Gasteiger charge is 2.27. The number of hydrogen-bond acceptors (Lipinski definition) is 2. The summed E-state index contributed by atoms with van der Waals surface area (Å²) in [6.07, 6.45) is 0.881. The molecule has 0 rings (SSSR count). The van der Waals surface area contributed by atoms with Crippen LogP contribution in [0.5, 0.6) is 0 Å². The molecule has 2 N–H and O–H groups in total. The number of carboxylic acid groups (broad SMARTS) is 1. The van der Waals surface area contributed by atoms with Crippen LogP contribution < -0.4 is 5.32 Å². The predicted octanol–water partition coefficient (Wildman–Crippen LogP) is 1.15. The Kier molecular flexibility index (Phi) is 5.11. The van der Waals surface area contributed by atoms with Gasteiger partial charge in [-0.1, -0.05) is 6.92 Å². The number of amides is 2. The number of hydrogen-bond donors (Lipinski definition) is 2. The maximum atomic E-state index is 11.4. The summed E-state index contributed by atoms with van der Waals surface area (Å²) in [6.45, 7) is 5.93. The molecule has 0 saturated carbocycles. The molecule has 0 aliphatic rings. The van der Waals surface area contributed by atoms with Crippen LogP contribution in [-0.4, -0.2) is 42.1 Å². The van der Waals surface area contributed by atoms with Gasteiger partial charge in [-0.2, -0.15) is 0 Å². The molecule has 88 valence electrons. The van der Waals surface area contributed by atoms with Crippen LogP contribution in [0.1, 0.15) is 27.2 Å². The highest BCUT2D eigenvalue weighted by molar-refractivity contribution is 5.77. The summed E-state index contributed by atoms with van der Waals surface area (Å²) in [7, 11) is 1.69.